The predicted octanol–water partition coefficient (Wildman–Crippen LogP) is 8.90. The van der Waals surface area contributed by atoms with Gasteiger partial charge in [-0.1, -0.05) is 103 Å². The summed E-state index contributed by atoms with van der Waals surface area (Å²) in [5.41, 5.74) is 2.16. The van der Waals surface area contributed by atoms with Crippen LogP contribution in [0, 0.1) is 29.5 Å². The SMILES string of the molecule is CCCCC1CCC(CCc2ccc(CCC3CCC(CC)CC3)cc2F)CC1. The number of halogens is 1. The number of hydrogen-bond acceptors (Lipinski definition) is 0. The van der Waals surface area contributed by atoms with E-state index in [1.54, 1.807) is 0 Å². The maximum Gasteiger partial charge on any atom is 0.126 e. The van der Waals surface area contributed by atoms with Gasteiger partial charge in [0.2, 0.25) is 0 Å². The zero-order chi connectivity index (χ0) is 20.5. The van der Waals surface area contributed by atoms with Gasteiger partial charge in [-0.25, -0.2) is 4.39 Å². The molecule has 164 valence electrons. The minimum Gasteiger partial charge on any atom is -0.207 e. The maximum absolute atomic E-state index is 14.7. The van der Waals surface area contributed by atoms with E-state index >= 15 is 0 Å². The highest BCUT2D eigenvalue weighted by Gasteiger charge is 2.22. The summed E-state index contributed by atoms with van der Waals surface area (Å²) in [6.07, 6.45) is 21.1. The fourth-order valence-electron chi connectivity index (χ4n) is 5.91. The Morgan fingerprint density at radius 3 is 1.83 bits per heavy atom. The number of hydrogen-bond donors (Lipinski definition) is 0. The number of unbranched alkanes of at least 4 members (excludes halogenated alkanes) is 1. The van der Waals surface area contributed by atoms with Gasteiger partial charge in [0.25, 0.3) is 0 Å². The molecule has 1 aromatic rings. The molecule has 0 unspecified atom stereocenters. The normalized spacial score (nSPS) is 27.8. The third kappa shape index (κ3) is 7.41. The topological polar surface area (TPSA) is 0 Å². The molecule has 0 nitrogen and oxygen atoms in total. The number of aryl methyl sites for hydroxylation is 2. The first-order chi connectivity index (χ1) is 14.2. The summed E-state index contributed by atoms with van der Waals surface area (Å²) in [5.74, 6) is 3.68. The molecule has 0 aromatic heterocycles. The van der Waals surface area contributed by atoms with Crippen molar-refractivity contribution < 1.29 is 4.39 Å². The predicted molar refractivity (Wildman–Crippen MR) is 124 cm³/mol. The van der Waals surface area contributed by atoms with E-state index in [1.807, 2.05) is 6.07 Å². The molecule has 2 aliphatic rings. The van der Waals surface area contributed by atoms with Crippen molar-refractivity contribution in [2.45, 2.75) is 117 Å². The fraction of sp³-hybridized carbons (Fsp3) is 0.786. The van der Waals surface area contributed by atoms with Crippen molar-refractivity contribution in [1.82, 2.24) is 0 Å². The highest BCUT2D eigenvalue weighted by atomic mass is 19.1. The molecule has 0 heterocycles. The molecule has 0 spiro atoms. The molecule has 0 N–H and O–H groups in total. The smallest absolute Gasteiger partial charge is 0.126 e. The van der Waals surface area contributed by atoms with Crippen molar-refractivity contribution in [2.24, 2.45) is 23.7 Å². The zero-order valence-corrected chi connectivity index (χ0v) is 19.2. The largest absolute Gasteiger partial charge is 0.207 e. The van der Waals surface area contributed by atoms with Crippen LogP contribution in [0.3, 0.4) is 0 Å². The van der Waals surface area contributed by atoms with Gasteiger partial charge in [0.1, 0.15) is 5.82 Å². The van der Waals surface area contributed by atoms with Crippen molar-refractivity contribution in [2.75, 3.05) is 0 Å². The molecule has 1 heteroatoms. The summed E-state index contributed by atoms with van der Waals surface area (Å²) in [7, 11) is 0. The molecule has 3 rings (SSSR count). The second-order valence-electron chi connectivity index (χ2n) is 10.3. The van der Waals surface area contributed by atoms with E-state index in [9.17, 15) is 4.39 Å². The van der Waals surface area contributed by atoms with Gasteiger partial charge in [0, 0.05) is 0 Å². The first-order valence-electron chi connectivity index (χ1n) is 12.9. The Morgan fingerprint density at radius 2 is 1.28 bits per heavy atom. The lowest BCUT2D eigenvalue weighted by atomic mass is 9.77. The Hall–Kier alpha value is -0.850. The van der Waals surface area contributed by atoms with E-state index in [-0.39, 0.29) is 5.82 Å². The second-order valence-corrected chi connectivity index (χ2v) is 10.3. The fourth-order valence-corrected chi connectivity index (χ4v) is 5.91. The molecule has 0 saturated heterocycles. The molecule has 0 amide bonds. The highest BCUT2D eigenvalue weighted by molar-refractivity contribution is 5.24. The minimum absolute atomic E-state index is 0.0498. The lowest BCUT2D eigenvalue weighted by molar-refractivity contribution is 0.249. The summed E-state index contributed by atoms with van der Waals surface area (Å²) in [6, 6.07) is 6.14. The molecule has 29 heavy (non-hydrogen) atoms. The van der Waals surface area contributed by atoms with Gasteiger partial charge in [-0.15, -0.1) is 0 Å². The summed E-state index contributed by atoms with van der Waals surface area (Å²) < 4.78 is 14.7. The lowest BCUT2D eigenvalue weighted by Crippen LogP contribution is -2.15. The van der Waals surface area contributed by atoms with Crippen molar-refractivity contribution in [1.29, 1.82) is 0 Å². The molecule has 2 fully saturated rings. The zero-order valence-electron chi connectivity index (χ0n) is 19.2. The van der Waals surface area contributed by atoms with E-state index < -0.39 is 0 Å². The van der Waals surface area contributed by atoms with Crippen molar-refractivity contribution >= 4 is 0 Å². The standard InChI is InChI=1S/C28H45F/c1-3-5-6-23-11-13-25(14-12-23)17-19-27-20-18-26(21-28(27)29)16-15-24-9-7-22(4-2)8-10-24/h18,20-25H,3-17,19H2,1-2H3. The van der Waals surface area contributed by atoms with Gasteiger partial charge in [0.05, 0.1) is 0 Å². The molecule has 0 atom stereocenters. The third-order valence-corrected chi connectivity index (χ3v) is 8.26. The van der Waals surface area contributed by atoms with Crippen LogP contribution in [0.4, 0.5) is 4.39 Å². The van der Waals surface area contributed by atoms with Crippen LogP contribution in [-0.2, 0) is 12.8 Å². The van der Waals surface area contributed by atoms with Crippen LogP contribution in [0.1, 0.15) is 115 Å². The number of benzene rings is 1. The van der Waals surface area contributed by atoms with Crippen LogP contribution < -0.4 is 0 Å². The summed E-state index contributed by atoms with van der Waals surface area (Å²) >= 11 is 0. The van der Waals surface area contributed by atoms with Crippen LogP contribution in [0.25, 0.3) is 0 Å². The average molecular weight is 401 g/mol. The van der Waals surface area contributed by atoms with Crippen LogP contribution >= 0.6 is 0 Å². The molecule has 1 aromatic carbocycles. The van der Waals surface area contributed by atoms with Gasteiger partial charge in [-0.05, 0) is 66.5 Å². The van der Waals surface area contributed by atoms with Gasteiger partial charge >= 0.3 is 0 Å². The lowest BCUT2D eigenvalue weighted by Gasteiger charge is -2.28. The summed E-state index contributed by atoms with van der Waals surface area (Å²) in [4.78, 5) is 0. The van der Waals surface area contributed by atoms with Gasteiger partial charge < -0.3 is 0 Å². The van der Waals surface area contributed by atoms with E-state index in [4.69, 9.17) is 0 Å². The van der Waals surface area contributed by atoms with E-state index in [0.717, 1.165) is 42.1 Å². The Morgan fingerprint density at radius 1 is 0.724 bits per heavy atom. The van der Waals surface area contributed by atoms with Crippen LogP contribution in [-0.4, -0.2) is 0 Å². The van der Waals surface area contributed by atoms with Crippen LogP contribution in [0.15, 0.2) is 18.2 Å². The highest BCUT2D eigenvalue weighted by Crippen LogP contribution is 2.35. The summed E-state index contributed by atoms with van der Waals surface area (Å²) in [6.45, 7) is 4.62. The first kappa shape index (κ1) is 22.8. The Labute approximate surface area is 180 Å². The molecule has 0 aliphatic heterocycles. The van der Waals surface area contributed by atoms with Crippen molar-refractivity contribution in [3.05, 3.63) is 35.1 Å². The average Bonchev–Trinajstić information content (AvgIpc) is 2.76. The molecular formula is C28H45F. The monoisotopic (exact) mass is 400 g/mol. The number of rotatable bonds is 10. The quantitative estimate of drug-likeness (QED) is 0.368. The van der Waals surface area contributed by atoms with Crippen LogP contribution in [0.2, 0.25) is 0 Å². The maximum atomic E-state index is 14.7. The molecule has 2 saturated carbocycles. The van der Waals surface area contributed by atoms with Crippen molar-refractivity contribution in [3.63, 3.8) is 0 Å². The van der Waals surface area contributed by atoms with Gasteiger partial charge in [-0.2, -0.15) is 0 Å². The molecule has 0 radical (unpaired) electrons. The van der Waals surface area contributed by atoms with Crippen LogP contribution in [0.5, 0.6) is 0 Å². The Kier molecular flexibility index (Phi) is 9.53. The minimum atomic E-state index is 0.0498. The first-order valence-corrected chi connectivity index (χ1v) is 12.9. The molecular weight excluding hydrogens is 355 g/mol. The second kappa shape index (κ2) is 12.1. The molecule has 2 aliphatic carbocycles. The van der Waals surface area contributed by atoms with Gasteiger partial charge in [0.15, 0.2) is 0 Å². The van der Waals surface area contributed by atoms with Crippen molar-refractivity contribution in [3.8, 4) is 0 Å². The third-order valence-electron chi connectivity index (χ3n) is 8.26. The summed E-state index contributed by atoms with van der Waals surface area (Å²) in [5, 5.41) is 0. The van der Waals surface area contributed by atoms with E-state index in [0.29, 0.717) is 0 Å². The van der Waals surface area contributed by atoms with Gasteiger partial charge in [-0.3, -0.25) is 0 Å². The van der Waals surface area contributed by atoms with E-state index in [1.165, 1.54) is 95.5 Å². The van der Waals surface area contributed by atoms with E-state index in [2.05, 4.69) is 26.0 Å². The molecule has 0 bridgehead atoms. The Bertz CT molecular complexity index is 576. The Balaban J connectivity index is 1.37.